The lowest BCUT2D eigenvalue weighted by atomic mass is 9.95. The number of methoxy groups -OCH3 is 1. The highest BCUT2D eigenvalue weighted by molar-refractivity contribution is 6.06. The van der Waals surface area contributed by atoms with E-state index in [1.54, 1.807) is 13.3 Å². The number of nitrogens with zero attached hydrogens (tertiary/aromatic N) is 2. The molecule has 2 aliphatic rings. The van der Waals surface area contributed by atoms with Crippen LogP contribution in [0.1, 0.15) is 46.4 Å². The number of primary amides is 1. The maximum absolute atomic E-state index is 13.2. The van der Waals surface area contributed by atoms with Crippen molar-refractivity contribution in [2.45, 2.75) is 43.8 Å². The number of H-pyrrole nitrogens is 1. The smallest absolute Gasteiger partial charge is 0.254 e. The number of nitrogens with one attached hydrogen (secondary N) is 2. The Morgan fingerprint density at radius 2 is 1.87 bits per heavy atom. The SMILES string of the molecule is COc1ccc(C(=O)N2[C@H]3CC[C@H]2CC(Nc2c(C(N)=O)cnc4[nH]ccc24)C3)cc1. The highest BCUT2D eigenvalue weighted by Crippen LogP contribution is 2.39. The Morgan fingerprint density at radius 3 is 2.52 bits per heavy atom. The summed E-state index contributed by atoms with van der Waals surface area (Å²) in [4.78, 5) is 34.6. The number of fused-ring (bicyclic) bond motifs is 3. The van der Waals surface area contributed by atoms with Gasteiger partial charge in [-0.1, -0.05) is 0 Å². The van der Waals surface area contributed by atoms with Gasteiger partial charge in [0.25, 0.3) is 11.8 Å². The molecule has 2 atom stereocenters. The van der Waals surface area contributed by atoms with Crippen LogP contribution in [0.3, 0.4) is 0 Å². The number of amides is 2. The van der Waals surface area contributed by atoms with E-state index in [0.29, 0.717) is 16.8 Å². The van der Waals surface area contributed by atoms with Gasteiger partial charge in [0.15, 0.2) is 0 Å². The first-order chi connectivity index (χ1) is 15.0. The van der Waals surface area contributed by atoms with Gasteiger partial charge in [-0.05, 0) is 56.0 Å². The molecular weight excluding hydrogens is 394 g/mol. The molecule has 2 aliphatic heterocycles. The molecule has 8 nitrogen and oxygen atoms in total. The first kappa shape index (κ1) is 19.4. The fourth-order valence-electron chi connectivity index (χ4n) is 5.06. The molecule has 0 aliphatic carbocycles. The molecule has 2 amide bonds. The minimum absolute atomic E-state index is 0.0726. The van der Waals surface area contributed by atoms with E-state index in [2.05, 4.69) is 15.3 Å². The van der Waals surface area contributed by atoms with Crippen molar-refractivity contribution in [3.05, 3.63) is 53.9 Å². The maximum Gasteiger partial charge on any atom is 0.254 e. The predicted octanol–water partition coefficient (Wildman–Crippen LogP) is 2.92. The number of piperidine rings is 1. The van der Waals surface area contributed by atoms with Crippen LogP contribution in [-0.2, 0) is 0 Å². The van der Waals surface area contributed by atoms with Crippen molar-refractivity contribution in [2.75, 3.05) is 12.4 Å². The Morgan fingerprint density at radius 1 is 1.16 bits per heavy atom. The number of ether oxygens (including phenoxy) is 1. The molecular formula is C23H25N5O3. The lowest BCUT2D eigenvalue weighted by molar-refractivity contribution is 0.0583. The third-order valence-electron chi connectivity index (χ3n) is 6.51. The molecule has 5 rings (SSSR count). The Labute approximate surface area is 179 Å². The van der Waals surface area contributed by atoms with Gasteiger partial charge in [-0.25, -0.2) is 4.98 Å². The van der Waals surface area contributed by atoms with Gasteiger partial charge in [0, 0.05) is 41.5 Å². The number of pyridine rings is 1. The lowest BCUT2D eigenvalue weighted by Crippen LogP contribution is -2.49. The Balaban J connectivity index is 1.36. The highest BCUT2D eigenvalue weighted by atomic mass is 16.5. The van der Waals surface area contributed by atoms with E-state index in [1.165, 1.54) is 6.20 Å². The Bertz CT molecular complexity index is 1130. The van der Waals surface area contributed by atoms with Crippen molar-refractivity contribution in [3.63, 3.8) is 0 Å². The number of aromatic nitrogens is 2. The number of anilines is 1. The number of carbonyl (C=O) groups is 2. The van der Waals surface area contributed by atoms with Crippen molar-refractivity contribution < 1.29 is 14.3 Å². The second-order valence-corrected chi connectivity index (χ2v) is 8.29. The monoisotopic (exact) mass is 419 g/mol. The minimum Gasteiger partial charge on any atom is -0.497 e. The van der Waals surface area contributed by atoms with Gasteiger partial charge < -0.3 is 25.7 Å². The van der Waals surface area contributed by atoms with Crippen LogP contribution in [0, 0.1) is 0 Å². The summed E-state index contributed by atoms with van der Waals surface area (Å²) in [5.41, 5.74) is 8.10. The number of benzene rings is 1. The van der Waals surface area contributed by atoms with E-state index in [-0.39, 0.29) is 24.0 Å². The highest BCUT2D eigenvalue weighted by Gasteiger charge is 2.43. The van der Waals surface area contributed by atoms with E-state index >= 15 is 0 Å². The van der Waals surface area contributed by atoms with Gasteiger partial charge in [0.1, 0.15) is 11.4 Å². The van der Waals surface area contributed by atoms with Crippen LogP contribution in [0.25, 0.3) is 11.0 Å². The molecule has 8 heteroatoms. The maximum atomic E-state index is 13.2. The molecule has 2 bridgehead atoms. The third-order valence-corrected chi connectivity index (χ3v) is 6.51. The van der Waals surface area contributed by atoms with E-state index < -0.39 is 5.91 Å². The summed E-state index contributed by atoms with van der Waals surface area (Å²) >= 11 is 0. The fourth-order valence-corrected chi connectivity index (χ4v) is 5.06. The number of hydrogen-bond donors (Lipinski definition) is 3. The molecule has 0 unspecified atom stereocenters. The van der Waals surface area contributed by atoms with Crippen molar-refractivity contribution in [1.82, 2.24) is 14.9 Å². The number of nitrogens with two attached hydrogens (primary N) is 1. The van der Waals surface area contributed by atoms with Crippen molar-refractivity contribution in [2.24, 2.45) is 5.73 Å². The van der Waals surface area contributed by atoms with E-state index in [1.807, 2.05) is 35.2 Å². The number of hydrogen-bond acceptors (Lipinski definition) is 5. The minimum atomic E-state index is -0.506. The molecule has 160 valence electrons. The standard InChI is InChI=1S/C23H25N5O3/c1-31-17-6-2-13(3-7-17)23(30)28-15-4-5-16(28)11-14(10-15)27-20-18-8-9-25-22(18)26-12-19(20)21(24)29/h2-3,6-9,12,14-16H,4-5,10-11H2,1H3,(H2,24,29)(H2,25,26,27)/t15-,16-/m0/s1. The summed E-state index contributed by atoms with van der Waals surface area (Å²) in [6, 6.07) is 9.68. The van der Waals surface area contributed by atoms with Crippen LogP contribution in [-0.4, -0.2) is 51.9 Å². The quantitative estimate of drug-likeness (QED) is 0.588. The van der Waals surface area contributed by atoms with Gasteiger partial charge in [0.2, 0.25) is 0 Å². The van der Waals surface area contributed by atoms with Crippen molar-refractivity contribution in [1.29, 1.82) is 0 Å². The van der Waals surface area contributed by atoms with Gasteiger partial charge in [-0.3, -0.25) is 9.59 Å². The number of rotatable bonds is 5. The second kappa shape index (κ2) is 7.61. The normalized spacial score (nSPS) is 22.5. The van der Waals surface area contributed by atoms with Crippen LogP contribution < -0.4 is 15.8 Å². The summed E-state index contributed by atoms with van der Waals surface area (Å²) in [7, 11) is 1.61. The molecule has 0 spiro atoms. The number of aromatic amines is 1. The molecule has 2 fully saturated rings. The summed E-state index contributed by atoms with van der Waals surface area (Å²) in [6.45, 7) is 0. The van der Waals surface area contributed by atoms with Gasteiger partial charge in [-0.2, -0.15) is 0 Å². The second-order valence-electron chi connectivity index (χ2n) is 8.29. The summed E-state index contributed by atoms with van der Waals surface area (Å²) < 4.78 is 5.20. The number of carbonyl (C=O) groups excluding carboxylic acids is 2. The van der Waals surface area contributed by atoms with Crippen molar-refractivity contribution >= 4 is 28.5 Å². The average molecular weight is 419 g/mol. The van der Waals surface area contributed by atoms with Crippen LogP contribution in [0.15, 0.2) is 42.7 Å². The van der Waals surface area contributed by atoms with Crippen LogP contribution in [0.5, 0.6) is 5.75 Å². The fraction of sp³-hybridized carbons (Fsp3) is 0.348. The van der Waals surface area contributed by atoms with E-state index in [4.69, 9.17) is 10.5 Å². The Hall–Kier alpha value is -3.55. The van der Waals surface area contributed by atoms with Gasteiger partial charge in [-0.15, -0.1) is 0 Å². The molecule has 31 heavy (non-hydrogen) atoms. The molecule has 0 saturated carbocycles. The van der Waals surface area contributed by atoms with E-state index in [9.17, 15) is 9.59 Å². The van der Waals surface area contributed by atoms with Crippen LogP contribution >= 0.6 is 0 Å². The van der Waals surface area contributed by atoms with Crippen molar-refractivity contribution in [3.8, 4) is 5.75 Å². The molecule has 2 saturated heterocycles. The predicted molar refractivity (Wildman–Crippen MR) is 117 cm³/mol. The molecule has 0 radical (unpaired) electrons. The summed E-state index contributed by atoms with van der Waals surface area (Å²) in [5, 5.41) is 4.41. The molecule has 3 aromatic rings. The Kier molecular flexibility index (Phi) is 4.77. The van der Waals surface area contributed by atoms with Gasteiger partial charge in [0.05, 0.1) is 18.4 Å². The first-order valence-electron chi connectivity index (χ1n) is 10.5. The first-order valence-corrected chi connectivity index (χ1v) is 10.5. The van der Waals surface area contributed by atoms with Crippen LogP contribution in [0.4, 0.5) is 5.69 Å². The molecule has 1 aromatic carbocycles. The average Bonchev–Trinajstić information content (AvgIpc) is 3.36. The van der Waals surface area contributed by atoms with Gasteiger partial charge >= 0.3 is 0 Å². The largest absolute Gasteiger partial charge is 0.497 e. The zero-order valence-corrected chi connectivity index (χ0v) is 17.3. The molecule has 4 heterocycles. The third kappa shape index (κ3) is 3.37. The molecule has 2 aromatic heterocycles. The zero-order valence-electron chi connectivity index (χ0n) is 17.3. The topological polar surface area (TPSA) is 113 Å². The molecule has 4 N–H and O–H groups in total. The lowest BCUT2D eigenvalue weighted by Gasteiger charge is -2.40. The van der Waals surface area contributed by atoms with E-state index in [0.717, 1.165) is 42.5 Å². The zero-order chi connectivity index (χ0) is 21.5. The summed E-state index contributed by atoms with van der Waals surface area (Å²) in [5.74, 6) is 0.303. The summed E-state index contributed by atoms with van der Waals surface area (Å²) in [6.07, 6.45) is 6.94. The van der Waals surface area contributed by atoms with Crippen LogP contribution in [0.2, 0.25) is 0 Å².